The second kappa shape index (κ2) is 3.57. The summed E-state index contributed by atoms with van der Waals surface area (Å²) in [4.78, 5) is 14.4. The topological polar surface area (TPSA) is 29.5 Å². The molecule has 1 aliphatic carbocycles. The summed E-state index contributed by atoms with van der Waals surface area (Å²) in [6, 6.07) is 7.98. The molecule has 0 amide bonds. The molecule has 1 aromatic carbocycles. The van der Waals surface area contributed by atoms with Crippen molar-refractivity contribution in [2.75, 3.05) is 27.2 Å². The van der Waals surface area contributed by atoms with Gasteiger partial charge in [-0.1, -0.05) is 12.1 Å². The monoisotopic (exact) mass is 231 g/mol. The molecule has 3 nitrogen and oxygen atoms in total. The quantitative estimate of drug-likeness (QED) is 0.772. The predicted octanol–water partition coefficient (Wildman–Crippen LogP) is 1.47. The van der Waals surface area contributed by atoms with Gasteiger partial charge in [-0.05, 0) is 30.7 Å². The van der Waals surface area contributed by atoms with Crippen LogP contribution in [0.4, 0.5) is 0 Å². The normalized spacial score (nSPS) is 32.1. The zero-order valence-corrected chi connectivity index (χ0v) is 10.3. The fraction of sp³-hybridized carbons (Fsp3) is 0.500. The fourth-order valence-electron chi connectivity index (χ4n) is 3.37. The van der Waals surface area contributed by atoms with E-state index in [4.69, 9.17) is 4.74 Å². The molecule has 0 bridgehead atoms. The number of benzene rings is 1. The Kier molecular flexibility index (Phi) is 2.26. The number of carbonyl (C=O) groups is 1. The van der Waals surface area contributed by atoms with Gasteiger partial charge in [0.2, 0.25) is 0 Å². The molecule has 0 aromatic heterocycles. The van der Waals surface area contributed by atoms with Crippen LogP contribution < -0.4 is 4.74 Å². The zero-order chi connectivity index (χ0) is 12.0. The van der Waals surface area contributed by atoms with Crippen LogP contribution in [0.1, 0.15) is 12.0 Å². The smallest absolute Gasteiger partial charge is 0.145 e. The molecule has 0 N–H and O–H groups in total. The van der Waals surface area contributed by atoms with Gasteiger partial charge < -0.3 is 9.64 Å². The molecule has 1 aliphatic heterocycles. The standard InChI is InChI=1S/C14H17NO2/c1-15-8-11-7-13(16)14(11,9-15)10-4-3-5-12(6-10)17-2/h3-6,11H,7-9H2,1-2H3/t11-,14-/m1/s1. The molecule has 1 aromatic rings. The van der Waals surface area contributed by atoms with Gasteiger partial charge in [0.05, 0.1) is 12.5 Å². The van der Waals surface area contributed by atoms with E-state index in [1.165, 1.54) is 0 Å². The van der Waals surface area contributed by atoms with Crippen LogP contribution in [-0.4, -0.2) is 37.9 Å². The first-order chi connectivity index (χ1) is 8.16. The number of ether oxygens (including phenoxy) is 1. The van der Waals surface area contributed by atoms with E-state index in [0.717, 1.165) is 30.8 Å². The summed E-state index contributed by atoms with van der Waals surface area (Å²) in [5.41, 5.74) is 0.881. The van der Waals surface area contributed by atoms with Gasteiger partial charge in [-0.3, -0.25) is 4.79 Å². The number of likely N-dealkylation sites (N-methyl/N-ethyl adjacent to an activating group) is 1. The Morgan fingerprint density at radius 1 is 1.47 bits per heavy atom. The number of fused-ring (bicyclic) bond motifs is 1. The molecule has 3 heteroatoms. The molecule has 2 atom stereocenters. The first-order valence-corrected chi connectivity index (χ1v) is 6.03. The van der Waals surface area contributed by atoms with Crippen molar-refractivity contribution < 1.29 is 9.53 Å². The van der Waals surface area contributed by atoms with Gasteiger partial charge in [0.1, 0.15) is 11.5 Å². The Bertz CT molecular complexity index is 471. The molecular weight excluding hydrogens is 214 g/mol. The lowest BCUT2D eigenvalue weighted by molar-refractivity contribution is -0.134. The first-order valence-electron chi connectivity index (χ1n) is 6.03. The maximum Gasteiger partial charge on any atom is 0.145 e. The minimum absolute atomic E-state index is 0.247. The van der Waals surface area contributed by atoms with Crippen molar-refractivity contribution in [2.45, 2.75) is 11.8 Å². The molecule has 0 radical (unpaired) electrons. The van der Waals surface area contributed by atoms with Crippen LogP contribution in [0.5, 0.6) is 5.75 Å². The van der Waals surface area contributed by atoms with Gasteiger partial charge in [0, 0.05) is 19.5 Å². The lowest BCUT2D eigenvalue weighted by Gasteiger charge is -2.42. The number of ketones is 1. The third kappa shape index (κ3) is 1.35. The first kappa shape index (κ1) is 10.8. The van der Waals surface area contributed by atoms with Gasteiger partial charge in [0.25, 0.3) is 0 Å². The van der Waals surface area contributed by atoms with Crippen molar-refractivity contribution in [3.63, 3.8) is 0 Å². The second-order valence-electron chi connectivity index (χ2n) is 5.22. The number of nitrogens with zero attached hydrogens (tertiary/aromatic N) is 1. The van der Waals surface area contributed by atoms with Crippen LogP contribution in [-0.2, 0) is 10.2 Å². The van der Waals surface area contributed by atoms with Crippen molar-refractivity contribution in [1.29, 1.82) is 0 Å². The van der Waals surface area contributed by atoms with Crippen molar-refractivity contribution >= 4 is 5.78 Å². The van der Waals surface area contributed by atoms with Crippen molar-refractivity contribution in [1.82, 2.24) is 4.90 Å². The molecule has 17 heavy (non-hydrogen) atoms. The molecule has 0 spiro atoms. The Morgan fingerprint density at radius 3 is 2.94 bits per heavy atom. The van der Waals surface area contributed by atoms with E-state index >= 15 is 0 Å². The number of likely N-dealkylation sites (tertiary alicyclic amines) is 1. The molecule has 1 saturated heterocycles. The van der Waals surface area contributed by atoms with Crippen LogP contribution in [0.15, 0.2) is 24.3 Å². The van der Waals surface area contributed by atoms with E-state index in [0.29, 0.717) is 11.7 Å². The highest BCUT2D eigenvalue weighted by Gasteiger charge is 2.59. The number of hydrogen-bond acceptors (Lipinski definition) is 3. The van der Waals surface area contributed by atoms with Crippen molar-refractivity contribution in [3.05, 3.63) is 29.8 Å². The highest BCUT2D eigenvalue weighted by Crippen LogP contribution is 2.50. The number of methoxy groups -OCH3 is 1. The second-order valence-corrected chi connectivity index (χ2v) is 5.22. The van der Waals surface area contributed by atoms with E-state index < -0.39 is 0 Å². The maximum atomic E-state index is 12.1. The highest BCUT2D eigenvalue weighted by atomic mass is 16.5. The Morgan fingerprint density at radius 2 is 2.29 bits per heavy atom. The van der Waals surface area contributed by atoms with Gasteiger partial charge >= 0.3 is 0 Å². The van der Waals surface area contributed by atoms with Crippen LogP contribution in [0.3, 0.4) is 0 Å². The number of hydrogen-bond donors (Lipinski definition) is 0. The van der Waals surface area contributed by atoms with Gasteiger partial charge in [-0.15, -0.1) is 0 Å². The van der Waals surface area contributed by atoms with Crippen LogP contribution >= 0.6 is 0 Å². The fourth-order valence-corrected chi connectivity index (χ4v) is 3.37. The summed E-state index contributed by atoms with van der Waals surface area (Å²) < 4.78 is 5.26. The van der Waals surface area contributed by atoms with Crippen molar-refractivity contribution in [2.24, 2.45) is 5.92 Å². The molecular formula is C14H17NO2. The summed E-state index contributed by atoms with van der Waals surface area (Å²) >= 11 is 0. The van der Waals surface area contributed by atoms with Crippen LogP contribution in [0.25, 0.3) is 0 Å². The minimum atomic E-state index is -0.247. The SMILES string of the molecule is COc1cccc([C@]23CN(C)C[C@H]2CC3=O)c1. The van der Waals surface area contributed by atoms with Gasteiger partial charge in [-0.2, -0.15) is 0 Å². The molecule has 1 saturated carbocycles. The highest BCUT2D eigenvalue weighted by molar-refractivity contribution is 5.98. The molecule has 2 fully saturated rings. The lowest BCUT2D eigenvalue weighted by Crippen LogP contribution is -2.53. The average Bonchev–Trinajstić information content (AvgIpc) is 2.61. The van der Waals surface area contributed by atoms with Gasteiger partial charge in [-0.25, -0.2) is 0 Å². The molecule has 90 valence electrons. The van der Waals surface area contributed by atoms with Crippen molar-refractivity contribution in [3.8, 4) is 5.75 Å². The van der Waals surface area contributed by atoms with Gasteiger partial charge in [0.15, 0.2) is 0 Å². The molecule has 3 rings (SSSR count). The van der Waals surface area contributed by atoms with E-state index in [9.17, 15) is 4.79 Å². The van der Waals surface area contributed by atoms with Crippen LogP contribution in [0.2, 0.25) is 0 Å². The number of carbonyl (C=O) groups excluding carboxylic acids is 1. The maximum absolute atomic E-state index is 12.1. The van der Waals surface area contributed by atoms with E-state index in [2.05, 4.69) is 18.0 Å². The summed E-state index contributed by atoms with van der Waals surface area (Å²) in [6.45, 7) is 1.88. The molecule has 2 aliphatic rings. The average molecular weight is 231 g/mol. The van der Waals surface area contributed by atoms with E-state index in [-0.39, 0.29) is 5.41 Å². The summed E-state index contributed by atoms with van der Waals surface area (Å²) in [7, 11) is 3.76. The summed E-state index contributed by atoms with van der Waals surface area (Å²) in [5.74, 6) is 1.72. The lowest BCUT2D eigenvalue weighted by atomic mass is 9.57. The van der Waals surface area contributed by atoms with E-state index in [1.54, 1.807) is 7.11 Å². The molecule has 0 unspecified atom stereocenters. The Hall–Kier alpha value is -1.35. The zero-order valence-electron chi connectivity index (χ0n) is 10.3. The third-order valence-corrected chi connectivity index (χ3v) is 4.26. The summed E-state index contributed by atoms with van der Waals surface area (Å²) in [6.07, 6.45) is 0.738. The third-order valence-electron chi connectivity index (χ3n) is 4.26. The minimum Gasteiger partial charge on any atom is -0.497 e. The summed E-state index contributed by atoms with van der Waals surface area (Å²) in [5, 5.41) is 0. The Balaban J connectivity index is 2.04. The largest absolute Gasteiger partial charge is 0.497 e. The van der Waals surface area contributed by atoms with E-state index in [1.807, 2.05) is 18.2 Å². The Labute approximate surface area is 101 Å². The van der Waals surface area contributed by atoms with Crippen LogP contribution in [0, 0.1) is 5.92 Å². The molecule has 1 heterocycles. The number of rotatable bonds is 2. The predicted molar refractivity (Wildman–Crippen MR) is 65.3 cm³/mol. The number of Topliss-reactive ketones (excluding diaryl/α,β-unsaturated/α-hetero) is 1.